The lowest BCUT2D eigenvalue weighted by atomic mass is 10.1. The maximum Gasteiger partial charge on any atom is 0.326 e. The van der Waals surface area contributed by atoms with Crippen LogP contribution in [-0.2, 0) is 20.9 Å². The van der Waals surface area contributed by atoms with E-state index in [1.54, 1.807) is 19.1 Å². The number of carbonyl (C=O) groups is 2. The molecule has 0 spiro atoms. The van der Waals surface area contributed by atoms with Gasteiger partial charge in [-0.2, -0.15) is 0 Å². The van der Waals surface area contributed by atoms with Crippen molar-refractivity contribution < 1.29 is 28.6 Å². The third-order valence-corrected chi connectivity index (χ3v) is 3.21. The first-order chi connectivity index (χ1) is 11.5. The van der Waals surface area contributed by atoms with Crippen molar-refractivity contribution in [3.8, 4) is 0 Å². The lowest BCUT2D eigenvalue weighted by Crippen LogP contribution is -2.40. The third-order valence-electron chi connectivity index (χ3n) is 3.21. The molecule has 0 aliphatic rings. The molecule has 1 unspecified atom stereocenters. The molecule has 0 bridgehead atoms. The Bertz CT molecular complexity index is 588. The molecule has 0 heterocycles. The summed E-state index contributed by atoms with van der Waals surface area (Å²) in [7, 11) is 1.53. The molecule has 0 aromatic heterocycles. The van der Waals surface area contributed by atoms with Gasteiger partial charge in [0.1, 0.15) is 11.9 Å². The Morgan fingerprint density at radius 3 is 2.75 bits per heavy atom. The number of nitrogens with one attached hydrogen (secondary N) is 1. The van der Waals surface area contributed by atoms with E-state index in [9.17, 15) is 14.0 Å². The van der Waals surface area contributed by atoms with Gasteiger partial charge in [0.05, 0.1) is 19.8 Å². The summed E-state index contributed by atoms with van der Waals surface area (Å²) in [5.74, 6) is -2.20. The molecule has 1 aromatic carbocycles. The Balaban J connectivity index is 2.77. The normalized spacial score (nSPS) is 12.3. The molecule has 24 heavy (non-hydrogen) atoms. The van der Waals surface area contributed by atoms with E-state index in [1.165, 1.54) is 19.2 Å². The molecule has 0 aliphatic heterocycles. The van der Waals surface area contributed by atoms with Crippen LogP contribution in [0, 0.1) is 5.82 Å². The van der Waals surface area contributed by atoms with E-state index in [1.807, 2.05) is 0 Å². The molecule has 0 aliphatic carbocycles. The van der Waals surface area contributed by atoms with Crippen LogP contribution < -0.4 is 5.32 Å². The van der Waals surface area contributed by atoms with E-state index in [-0.39, 0.29) is 24.2 Å². The van der Waals surface area contributed by atoms with E-state index in [4.69, 9.17) is 14.6 Å². The van der Waals surface area contributed by atoms with Crippen molar-refractivity contribution in [3.05, 3.63) is 47.3 Å². The first-order valence-electron chi connectivity index (χ1n) is 7.49. The Morgan fingerprint density at radius 1 is 1.38 bits per heavy atom. The summed E-state index contributed by atoms with van der Waals surface area (Å²) in [4.78, 5) is 23.3. The van der Waals surface area contributed by atoms with Crippen LogP contribution in [0.25, 0.3) is 0 Å². The van der Waals surface area contributed by atoms with E-state index >= 15 is 0 Å². The number of carbonyl (C=O) groups excluding carboxylic acids is 1. The monoisotopic (exact) mass is 339 g/mol. The first-order valence-corrected chi connectivity index (χ1v) is 7.49. The molecule has 6 nitrogen and oxygen atoms in total. The minimum Gasteiger partial charge on any atom is -0.480 e. The number of amides is 1. The van der Waals surface area contributed by atoms with Crippen molar-refractivity contribution in [2.75, 3.05) is 20.3 Å². The highest BCUT2D eigenvalue weighted by atomic mass is 19.1. The van der Waals surface area contributed by atoms with Crippen molar-refractivity contribution in [2.24, 2.45) is 0 Å². The number of halogens is 1. The van der Waals surface area contributed by atoms with E-state index in [0.717, 1.165) is 6.07 Å². The van der Waals surface area contributed by atoms with Crippen molar-refractivity contribution in [3.63, 3.8) is 0 Å². The van der Waals surface area contributed by atoms with E-state index in [2.05, 4.69) is 5.32 Å². The zero-order chi connectivity index (χ0) is 17.9. The van der Waals surface area contributed by atoms with Crippen LogP contribution in [0.4, 0.5) is 4.39 Å². The summed E-state index contributed by atoms with van der Waals surface area (Å²) in [6, 6.07) is 2.77. The minimum atomic E-state index is -1.13. The molecule has 2 N–H and O–H groups in total. The van der Waals surface area contributed by atoms with Gasteiger partial charge in [-0.3, -0.25) is 4.79 Å². The van der Waals surface area contributed by atoms with Crippen LogP contribution in [0.2, 0.25) is 0 Å². The summed E-state index contributed by atoms with van der Waals surface area (Å²) in [5, 5.41) is 11.5. The van der Waals surface area contributed by atoms with Gasteiger partial charge in [0, 0.05) is 18.2 Å². The predicted molar refractivity (Wildman–Crippen MR) is 86.3 cm³/mol. The van der Waals surface area contributed by atoms with E-state index in [0.29, 0.717) is 13.2 Å². The fourth-order valence-electron chi connectivity index (χ4n) is 1.89. The van der Waals surface area contributed by atoms with Gasteiger partial charge in [0.2, 0.25) is 0 Å². The van der Waals surface area contributed by atoms with Gasteiger partial charge in [0.15, 0.2) is 0 Å². The first kappa shape index (κ1) is 19.8. The molecular formula is C17H22FNO5. The Morgan fingerprint density at radius 2 is 2.12 bits per heavy atom. The summed E-state index contributed by atoms with van der Waals surface area (Å²) in [6.07, 6.45) is 3.53. The summed E-state index contributed by atoms with van der Waals surface area (Å²) in [5.41, 5.74) is 0.396. The molecule has 1 rings (SSSR count). The van der Waals surface area contributed by atoms with Gasteiger partial charge in [-0.25, -0.2) is 9.18 Å². The molecule has 0 saturated carbocycles. The van der Waals surface area contributed by atoms with Gasteiger partial charge in [-0.05, 0) is 31.5 Å². The van der Waals surface area contributed by atoms with Gasteiger partial charge in [-0.1, -0.05) is 12.2 Å². The number of methoxy groups -OCH3 is 1. The maximum atomic E-state index is 13.8. The quantitative estimate of drug-likeness (QED) is 0.504. The fourth-order valence-corrected chi connectivity index (χ4v) is 1.89. The standard InChI is InChI=1S/C17H22FNO5/c1-3-4-5-15(17(21)22)19-16(20)12-6-7-14(18)13(10-12)11-24-9-8-23-2/h3-4,6-7,10,15H,5,8-9,11H2,1-2H3,(H,19,20)(H,21,22)/b4-3+. The molecule has 1 amide bonds. The van der Waals surface area contributed by atoms with Gasteiger partial charge < -0.3 is 19.9 Å². The number of hydrogen-bond donors (Lipinski definition) is 2. The fraction of sp³-hybridized carbons (Fsp3) is 0.412. The molecule has 1 aromatic rings. The lowest BCUT2D eigenvalue weighted by molar-refractivity contribution is -0.139. The topological polar surface area (TPSA) is 84.9 Å². The second kappa shape index (κ2) is 10.5. The van der Waals surface area contributed by atoms with Crippen molar-refractivity contribution in [2.45, 2.75) is 26.0 Å². The Kier molecular flexibility index (Phi) is 8.67. The van der Waals surface area contributed by atoms with Crippen LogP contribution in [0.3, 0.4) is 0 Å². The third kappa shape index (κ3) is 6.47. The van der Waals surface area contributed by atoms with Gasteiger partial charge in [0.25, 0.3) is 5.91 Å². The second-order valence-electron chi connectivity index (χ2n) is 5.02. The molecular weight excluding hydrogens is 317 g/mol. The molecule has 0 fully saturated rings. The zero-order valence-corrected chi connectivity index (χ0v) is 13.8. The Hall–Kier alpha value is -2.25. The zero-order valence-electron chi connectivity index (χ0n) is 13.8. The molecule has 7 heteroatoms. The smallest absolute Gasteiger partial charge is 0.326 e. The molecule has 132 valence electrons. The van der Waals surface area contributed by atoms with Crippen molar-refractivity contribution in [1.82, 2.24) is 5.32 Å². The SMILES string of the molecule is C/C=C/CC(NC(=O)c1ccc(F)c(COCCOC)c1)C(=O)O. The number of carboxylic acids is 1. The van der Waals surface area contributed by atoms with Crippen LogP contribution in [0.1, 0.15) is 29.3 Å². The van der Waals surface area contributed by atoms with Crippen molar-refractivity contribution in [1.29, 1.82) is 0 Å². The minimum absolute atomic E-state index is 0.00273. The average Bonchev–Trinajstić information content (AvgIpc) is 2.56. The highest BCUT2D eigenvalue weighted by Crippen LogP contribution is 2.12. The van der Waals surface area contributed by atoms with Crippen LogP contribution >= 0.6 is 0 Å². The molecule has 0 radical (unpaired) electrons. The number of aliphatic carboxylic acids is 1. The highest BCUT2D eigenvalue weighted by Gasteiger charge is 2.20. The molecule has 1 atom stereocenters. The maximum absolute atomic E-state index is 13.8. The number of hydrogen-bond acceptors (Lipinski definition) is 4. The summed E-state index contributed by atoms with van der Waals surface area (Å²) in [6.45, 7) is 2.44. The van der Waals surface area contributed by atoms with Crippen LogP contribution in [0.5, 0.6) is 0 Å². The summed E-state index contributed by atoms with van der Waals surface area (Å²) >= 11 is 0. The Labute approximate surface area is 140 Å². The number of benzene rings is 1. The van der Waals surface area contributed by atoms with E-state index < -0.39 is 23.7 Å². The van der Waals surface area contributed by atoms with Crippen LogP contribution in [-0.4, -0.2) is 43.3 Å². The van der Waals surface area contributed by atoms with Gasteiger partial charge in [-0.15, -0.1) is 0 Å². The lowest BCUT2D eigenvalue weighted by Gasteiger charge is -2.13. The largest absolute Gasteiger partial charge is 0.480 e. The number of carboxylic acid groups (broad SMARTS) is 1. The van der Waals surface area contributed by atoms with Crippen LogP contribution in [0.15, 0.2) is 30.4 Å². The molecule has 0 saturated heterocycles. The summed E-state index contributed by atoms with van der Waals surface area (Å²) < 4.78 is 23.8. The number of rotatable bonds is 10. The van der Waals surface area contributed by atoms with Gasteiger partial charge >= 0.3 is 5.97 Å². The average molecular weight is 339 g/mol. The van der Waals surface area contributed by atoms with Crippen molar-refractivity contribution >= 4 is 11.9 Å². The second-order valence-corrected chi connectivity index (χ2v) is 5.02. The number of allylic oxidation sites excluding steroid dienone is 1. The number of ether oxygens (including phenoxy) is 2. The predicted octanol–water partition coefficient (Wildman–Crippen LogP) is 2.14. The highest BCUT2D eigenvalue weighted by molar-refractivity contribution is 5.96.